The van der Waals surface area contributed by atoms with Crippen LogP contribution < -0.4 is 5.32 Å². The second-order valence-corrected chi connectivity index (χ2v) is 6.57. The second-order valence-electron chi connectivity index (χ2n) is 5.37. The van der Waals surface area contributed by atoms with Crippen molar-refractivity contribution in [3.8, 4) is 5.75 Å². The maximum Gasteiger partial charge on any atom is 0.136 e. The van der Waals surface area contributed by atoms with Gasteiger partial charge in [0.2, 0.25) is 0 Å². The number of nitrogens with zero attached hydrogens (tertiary/aromatic N) is 1. The maximum absolute atomic E-state index is 10.4. The Balaban J connectivity index is 1.93. The van der Waals surface area contributed by atoms with E-state index in [1.807, 2.05) is 12.1 Å². The fourth-order valence-electron chi connectivity index (χ4n) is 2.91. The van der Waals surface area contributed by atoms with Gasteiger partial charge >= 0.3 is 0 Å². The summed E-state index contributed by atoms with van der Waals surface area (Å²) in [6.07, 6.45) is 2.52. The second kappa shape index (κ2) is 5.60. The summed E-state index contributed by atoms with van der Waals surface area (Å²) in [6.45, 7) is 4.14. The van der Waals surface area contributed by atoms with Crippen molar-refractivity contribution < 1.29 is 5.11 Å². The Morgan fingerprint density at radius 2 is 2.00 bits per heavy atom. The van der Waals surface area contributed by atoms with Crippen molar-refractivity contribution in [3.63, 3.8) is 0 Å². The van der Waals surface area contributed by atoms with Crippen molar-refractivity contribution in [3.05, 3.63) is 27.2 Å². The summed E-state index contributed by atoms with van der Waals surface area (Å²) in [6, 6.07) is 4.18. The van der Waals surface area contributed by atoms with Crippen LogP contribution in [0.25, 0.3) is 0 Å². The van der Waals surface area contributed by atoms with E-state index in [0.717, 1.165) is 31.7 Å². The molecule has 0 amide bonds. The predicted octanol–water partition coefficient (Wildman–Crippen LogP) is 3.16. The monoisotopic (exact) mass is 344 g/mol. The lowest BCUT2D eigenvalue weighted by atomic mass is 9.99. The molecule has 1 saturated carbocycles. The Labute approximate surface area is 127 Å². The summed E-state index contributed by atoms with van der Waals surface area (Å²) in [5.74, 6) is 0.986. The van der Waals surface area contributed by atoms with Crippen molar-refractivity contribution >= 4 is 27.5 Å². The molecule has 2 N–H and O–H groups in total. The summed E-state index contributed by atoms with van der Waals surface area (Å²) >= 11 is 9.42. The SMILES string of the molecule is Oc1c([C@@H](C2CC2)N2CCNCC2)ccc(Cl)c1Br. The highest BCUT2D eigenvalue weighted by Crippen LogP contribution is 2.49. The van der Waals surface area contributed by atoms with Gasteiger partial charge in [-0.1, -0.05) is 17.7 Å². The Bertz CT molecular complexity index is 473. The standard InChI is InChI=1S/C14H18BrClN2O/c15-12-11(16)4-3-10(14(12)19)13(9-1-2-9)18-7-5-17-6-8-18/h3-4,9,13,17,19H,1-2,5-8H2/t13-/m1/s1. The highest BCUT2D eigenvalue weighted by atomic mass is 79.9. The largest absolute Gasteiger partial charge is 0.506 e. The third kappa shape index (κ3) is 2.77. The first-order valence-corrected chi connectivity index (χ1v) is 7.97. The molecule has 0 bridgehead atoms. The zero-order valence-corrected chi connectivity index (χ0v) is 13.0. The maximum atomic E-state index is 10.4. The molecule has 0 aromatic heterocycles. The normalized spacial score (nSPS) is 22.4. The van der Waals surface area contributed by atoms with Gasteiger partial charge in [-0.3, -0.25) is 4.90 Å². The van der Waals surface area contributed by atoms with Crippen LogP contribution in [0.4, 0.5) is 0 Å². The molecule has 3 rings (SSSR count). The summed E-state index contributed by atoms with van der Waals surface area (Å²) in [5.41, 5.74) is 1.01. The predicted molar refractivity (Wildman–Crippen MR) is 80.7 cm³/mol. The lowest BCUT2D eigenvalue weighted by Crippen LogP contribution is -2.45. The molecular formula is C14H18BrClN2O. The minimum absolute atomic E-state index is 0.308. The van der Waals surface area contributed by atoms with E-state index in [9.17, 15) is 5.11 Å². The van der Waals surface area contributed by atoms with Crippen LogP contribution in [0.15, 0.2) is 16.6 Å². The zero-order chi connectivity index (χ0) is 13.4. The molecule has 19 heavy (non-hydrogen) atoms. The van der Waals surface area contributed by atoms with Gasteiger partial charge in [-0.15, -0.1) is 0 Å². The van der Waals surface area contributed by atoms with Crippen LogP contribution in [0, 0.1) is 5.92 Å². The first-order chi connectivity index (χ1) is 9.18. The molecular weight excluding hydrogens is 328 g/mol. The van der Waals surface area contributed by atoms with Crippen molar-refractivity contribution in [2.75, 3.05) is 26.2 Å². The molecule has 1 aliphatic heterocycles. The molecule has 1 saturated heterocycles. The number of hydrogen-bond acceptors (Lipinski definition) is 3. The number of nitrogens with one attached hydrogen (secondary N) is 1. The highest BCUT2D eigenvalue weighted by molar-refractivity contribution is 9.10. The fraction of sp³-hybridized carbons (Fsp3) is 0.571. The lowest BCUT2D eigenvalue weighted by molar-refractivity contribution is 0.153. The molecule has 0 spiro atoms. The lowest BCUT2D eigenvalue weighted by Gasteiger charge is -2.36. The summed E-state index contributed by atoms with van der Waals surface area (Å²) < 4.78 is 0.618. The average Bonchev–Trinajstić information content (AvgIpc) is 3.25. The first kappa shape index (κ1) is 13.7. The van der Waals surface area contributed by atoms with Gasteiger partial charge in [0.1, 0.15) is 5.75 Å². The minimum Gasteiger partial charge on any atom is -0.506 e. The Kier molecular flexibility index (Phi) is 4.03. The van der Waals surface area contributed by atoms with Gasteiger partial charge in [0.15, 0.2) is 0 Å². The molecule has 1 atom stereocenters. The van der Waals surface area contributed by atoms with E-state index >= 15 is 0 Å². The van der Waals surface area contributed by atoms with Gasteiger partial charge in [0.05, 0.1) is 9.50 Å². The zero-order valence-electron chi connectivity index (χ0n) is 10.7. The number of phenols is 1. The third-order valence-corrected chi connectivity index (χ3v) is 5.38. The van der Waals surface area contributed by atoms with Crippen molar-refractivity contribution in [1.29, 1.82) is 0 Å². The van der Waals surface area contributed by atoms with Crippen molar-refractivity contribution in [2.45, 2.75) is 18.9 Å². The van der Waals surface area contributed by atoms with Crippen LogP contribution in [-0.2, 0) is 0 Å². The molecule has 104 valence electrons. The summed E-state index contributed by atoms with van der Waals surface area (Å²) in [7, 11) is 0. The first-order valence-electron chi connectivity index (χ1n) is 6.80. The van der Waals surface area contributed by atoms with Crippen molar-refractivity contribution in [1.82, 2.24) is 10.2 Å². The topological polar surface area (TPSA) is 35.5 Å². The summed E-state index contributed by atoms with van der Waals surface area (Å²) in [4.78, 5) is 2.49. The molecule has 1 heterocycles. The van der Waals surface area contributed by atoms with Crippen LogP contribution >= 0.6 is 27.5 Å². The van der Waals surface area contributed by atoms with Crippen LogP contribution in [0.1, 0.15) is 24.4 Å². The van der Waals surface area contributed by atoms with E-state index < -0.39 is 0 Å². The molecule has 0 unspecified atom stereocenters. The highest BCUT2D eigenvalue weighted by Gasteiger charge is 2.38. The molecule has 5 heteroatoms. The number of aromatic hydroxyl groups is 1. The fourth-order valence-corrected chi connectivity index (χ4v) is 3.43. The van der Waals surface area contributed by atoms with Crippen LogP contribution in [0.5, 0.6) is 5.75 Å². The summed E-state index contributed by atoms with van der Waals surface area (Å²) in [5, 5.41) is 14.3. The third-order valence-electron chi connectivity index (χ3n) is 4.03. The van der Waals surface area contributed by atoms with Gasteiger partial charge < -0.3 is 10.4 Å². The molecule has 0 radical (unpaired) electrons. The van der Waals surface area contributed by atoms with Crippen molar-refractivity contribution in [2.24, 2.45) is 5.92 Å². The van der Waals surface area contributed by atoms with E-state index in [1.165, 1.54) is 12.8 Å². The van der Waals surface area contributed by atoms with E-state index in [4.69, 9.17) is 11.6 Å². The van der Waals surface area contributed by atoms with Crippen LogP contribution in [0.2, 0.25) is 5.02 Å². The Morgan fingerprint density at radius 3 is 2.63 bits per heavy atom. The number of piperazine rings is 1. The van der Waals surface area contributed by atoms with Gasteiger partial charge in [-0.05, 0) is 40.8 Å². The van der Waals surface area contributed by atoms with E-state index in [2.05, 4.69) is 26.1 Å². The van der Waals surface area contributed by atoms with Gasteiger partial charge in [0, 0.05) is 37.8 Å². The van der Waals surface area contributed by atoms with E-state index in [-0.39, 0.29) is 0 Å². The Hall–Kier alpha value is -0.290. The molecule has 1 aliphatic carbocycles. The van der Waals surface area contributed by atoms with E-state index in [0.29, 0.717) is 27.2 Å². The average molecular weight is 346 g/mol. The molecule has 1 aromatic carbocycles. The number of phenolic OH excluding ortho intramolecular Hbond substituents is 1. The smallest absolute Gasteiger partial charge is 0.136 e. The molecule has 1 aromatic rings. The van der Waals surface area contributed by atoms with E-state index in [1.54, 1.807) is 0 Å². The van der Waals surface area contributed by atoms with Crippen LogP contribution in [0.3, 0.4) is 0 Å². The molecule has 2 aliphatic rings. The number of hydrogen-bond donors (Lipinski definition) is 2. The quantitative estimate of drug-likeness (QED) is 0.883. The number of benzene rings is 1. The molecule has 3 nitrogen and oxygen atoms in total. The van der Waals surface area contributed by atoms with Gasteiger partial charge in [-0.2, -0.15) is 0 Å². The number of halogens is 2. The molecule has 2 fully saturated rings. The van der Waals surface area contributed by atoms with Gasteiger partial charge in [-0.25, -0.2) is 0 Å². The van der Waals surface area contributed by atoms with Crippen LogP contribution in [-0.4, -0.2) is 36.2 Å². The van der Waals surface area contributed by atoms with Gasteiger partial charge in [0.25, 0.3) is 0 Å². The Morgan fingerprint density at radius 1 is 1.32 bits per heavy atom. The number of rotatable bonds is 3. The minimum atomic E-state index is 0.308.